The average molecular weight is 495 g/mol. The van der Waals surface area contributed by atoms with E-state index in [0.717, 1.165) is 37.2 Å². The number of hydrogen-bond acceptors (Lipinski definition) is 7. The lowest BCUT2D eigenvalue weighted by Gasteiger charge is -2.16. The van der Waals surface area contributed by atoms with Crippen molar-refractivity contribution >= 4 is 35.0 Å². The van der Waals surface area contributed by atoms with Gasteiger partial charge in [0.25, 0.3) is 0 Å². The van der Waals surface area contributed by atoms with Gasteiger partial charge < -0.3 is 26.4 Å². The van der Waals surface area contributed by atoms with Gasteiger partial charge in [0.15, 0.2) is 5.82 Å². The smallest absolute Gasteiger partial charge is 0.249 e. The van der Waals surface area contributed by atoms with Gasteiger partial charge in [0.1, 0.15) is 5.02 Å². The van der Waals surface area contributed by atoms with Gasteiger partial charge in [0.2, 0.25) is 11.9 Å². The summed E-state index contributed by atoms with van der Waals surface area (Å²) in [6, 6.07) is 13.8. The lowest BCUT2D eigenvalue weighted by atomic mass is 9.93. The normalized spacial score (nSPS) is 17.3. The summed E-state index contributed by atoms with van der Waals surface area (Å²) < 4.78 is 5.29. The van der Waals surface area contributed by atoms with Crippen LogP contribution < -0.4 is 21.7 Å². The predicted molar refractivity (Wildman–Crippen MR) is 139 cm³/mol. The quantitative estimate of drug-likeness (QED) is 0.347. The molecule has 0 fully saturated rings. The largest absolute Gasteiger partial charge is 0.385 e. The summed E-state index contributed by atoms with van der Waals surface area (Å²) in [4.78, 5) is 20.6. The first-order valence-corrected chi connectivity index (χ1v) is 12.1. The molecule has 1 aliphatic heterocycles. The van der Waals surface area contributed by atoms with Gasteiger partial charge in [-0.3, -0.25) is 4.79 Å². The highest BCUT2D eigenvalue weighted by molar-refractivity contribution is 6.32. The van der Waals surface area contributed by atoms with Gasteiger partial charge in [0.05, 0.1) is 6.20 Å². The van der Waals surface area contributed by atoms with Crippen LogP contribution in [0.1, 0.15) is 46.4 Å². The number of fused-ring (bicyclic) bond motifs is 1. The molecular weight excluding hydrogens is 464 g/mol. The first-order chi connectivity index (χ1) is 16.9. The number of hydrogen-bond donors (Lipinski definition) is 4. The molecule has 2 aromatic carbocycles. The number of nitrogens with one attached hydrogen (secondary N) is 3. The SMILES string of the molecule is COCCC1CNC(C)c2ccc(Nc3ncc(Cl)c(NCc4ccccc4C(N)=O)n3)cc2C1. The lowest BCUT2D eigenvalue weighted by molar-refractivity contribution is 0.0999. The Morgan fingerprint density at radius 1 is 1.29 bits per heavy atom. The van der Waals surface area contributed by atoms with E-state index in [9.17, 15) is 4.79 Å². The number of halogens is 1. The van der Waals surface area contributed by atoms with Gasteiger partial charge >= 0.3 is 0 Å². The van der Waals surface area contributed by atoms with Crippen molar-refractivity contribution in [2.24, 2.45) is 11.7 Å². The number of primary amides is 1. The van der Waals surface area contributed by atoms with Crippen molar-refractivity contribution in [1.29, 1.82) is 0 Å². The molecule has 2 heterocycles. The minimum Gasteiger partial charge on any atom is -0.385 e. The van der Waals surface area contributed by atoms with Gasteiger partial charge in [-0.25, -0.2) is 4.98 Å². The predicted octanol–water partition coefficient (Wildman–Crippen LogP) is 4.44. The van der Waals surface area contributed by atoms with Crippen LogP contribution >= 0.6 is 11.6 Å². The number of benzene rings is 2. The Morgan fingerprint density at radius 2 is 2.11 bits per heavy atom. The molecule has 0 saturated heterocycles. The van der Waals surface area contributed by atoms with E-state index in [1.54, 1.807) is 25.4 Å². The number of carbonyl (C=O) groups is 1. The van der Waals surface area contributed by atoms with E-state index in [0.29, 0.717) is 34.8 Å². The molecular formula is C26H31ClN6O2. The second-order valence-electron chi connectivity index (χ2n) is 8.79. The van der Waals surface area contributed by atoms with Crippen LogP contribution in [0.15, 0.2) is 48.7 Å². The Balaban J connectivity index is 1.50. The number of rotatable bonds is 9. The monoisotopic (exact) mass is 494 g/mol. The molecule has 0 bridgehead atoms. The molecule has 35 heavy (non-hydrogen) atoms. The Morgan fingerprint density at radius 3 is 2.91 bits per heavy atom. The molecule has 4 rings (SSSR count). The highest BCUT2D eigenvalue weighted by Gasteiger charge is 2.21. The molecule has 9 heteroatoms. The van der Waals surface area contributed by atoms with Crippen molar-refractivity contribution in [1.82, 2.24) is 15.3 Å². The van der Waals surface area contributed by atoms with Crippen LogP contribution in [0.3, 0.4) is 0 Å². The van der Waals surface area contributed by atoms with E-state index in [4.69, 9.17) is 22.1 Å². The van der Waals surface area contributed by atoms with E-state index >= 15 is 0 Å². The molecule has 2 unspecified atom stereocenters. The average Bonchev–Trinajstić information content (AvgIpc) is 3.01. The molecule has 1 aromatic heterocycles. The number of amides is 1. The van der Waals surface area contributed by atoms with Crippen LogP contribution in [0.2, 0.25) is 5.02 Å². The molecule has 0 saturated carbocycles. The summed E-state index contributed by atoms with van der Waals surface area (Å²) >= 11 is 6.33. The van der Waals surface area contributed by atoms with Gasteiger partial charge in [-0.15, -0.1) is 0 Å². The molecule has 0 spiro atoms. The second kappa shape index (κ2) is 11.5. The minimum atomic E-state index is -0.476. The van der Waals surface area contributed by atoms with Crippen molar-refractivity contribution in [2.75, 3.05) is 30.9 Å². The van der Waals surface area contributed by atoms with Crippen molar-refractivity contribution in [3.05, 3.63) is 75.9 Å². The third kappa shape index (κ3) is 6.28. The zero-order valence-corrected chi connectivity index (χ0v) is 20.7. The maximum atomic E-state index is 11.7. The maximum absolute atomic E-state index is 11.7. The van der Waals surface area contributed by atoms with Gasteiger partial charge in [-0.1, -0.05) is 35.9 Å². The number of nitrogens with two attached hydrogens (primary N) is 1. The first-order valence-electron chi connectivity index (χ1n) is 11.7. The number of nitrogens with zero attached hydrogens (tertiary/aromatic N) is 2. The van der Waals surface area contributed by atoms with E-state index in [2.05, 4.69) is 45.0 Å². The highest BCUT2D eigenvalue weighted by Crippen LogP contribution is 2.30. The molecule has 8 nitrogen and oxygen atoms in total. The second-order valence-corrected chi connectivity index (χ2v) is 9.19. The van der Waals surface area contributed by atoms with E-state index in [1.165, 1.54) is 11.1 Å². The summed E-state index contributed by atoms with van der Waals surface area (Å²) in [5, 5.41) is 10.5. The van der Waals surface area contributed by atoms with Crippen LogP contribution in [0, 0.1) is 5.92 Å². The molecule has 2 atom stereocenters. The molecule has 0 aliphatic carbocycles. The summed E-state index contributed by atoms with van der Waals surface area (Å²) in [5.41, 5.74) is 10.2. The zero-order chi connectivity index (χ0) is 24.8. The Bertz CT molecular complexity index is 1190. The number of aromatic nitrogens is 2. The van der Waals surface area contributed by atoms with E-state index < -0.39 is 5.91 Å². The number of ether oxygens (including phenoxy) is 1. The van der Waals surface area contributed by atoms with Crippen molar-refractivity contribution in [3.63, 3.8) is 0 Å². The highest BCUT2D eigenvalue weighted by atomic mass is 35.5. The van der Waals surface area contributed by atoms with Crippen LogP contribution in [0.4, 0.5) is 17.5 Å². The number of methoxy groups -OCH3 is 1. The fourth-order valence-electron chi connectivity index (χ4n) is 4.38. The molecule has 5 N–H and O–H groups in total. The standard InChI is InChI=1S/C26H31ClN6O2/c1-16-21-8-7-20(12-19(21)11-17(13-29-16)9-10-35-2)32-26-31-15-23(27)25(33-26)30-14-18-5-3-4-6-22(18)24(28)34/h3-8,12,15-17,29H,9-11,13-14H2,1-2H3,(H2,28,34)(H2,30,31,32,33). The Hall–Kier alpha value is -3.20. The summed E-state index contributed by atoms with van der Waals surface area (Å²) in [5.74, 6) is 0.932. The van der Waals surface area contributed by atoms with Gasteiger partial charge in [-0.05, 0) is 67.1 Å². The number of anilines is 3. The van der Waals surface area contributed by atoms with E-state index in [-0.39, 0.29) is 6.04 Å². The summed E-state index contributed by atoms with van der Waals surface area (Å²) in [7, 11) is 1.74. The lowest BCUT2D eigenvalue weighted by Crippen LogP contribution is -2.24. The fourth-order valence-corrected chi connectivity index (χ4v) is 4.54. The molecule has 1 amide bonds. The van der Waals surface area contributed by atoms with Gasteiger partial charge in [-0.2, -0.15) is 4.98 Å². The van der Waals surface area contributed by atoms with Crippen molar-refractivity contribution in [2.45, 2.75) is 32.4 Å². The molecule has 0 radical (unpaired) electrons. The summed E-state index contributed by atoms with van der Waals surface area (Å²) in [6.45, 7) is 4.27. The third-order valence-electron chi connectivity index (χ3n) is 6.29. The fraction of sp³-hybridized carbons (Fsp3) is 0.346. The van der Waals surface area contributed by atoms with Crippen LogP contribution in [-0.2, 0) is 17.7 Å². The van der Waals surface area contributed by atoms with Gasteiger partial charge in [0, 0.05) is 37.6 Å². The van der Waals surface area contributed by atoms with Crippen LogP contribution in [0.25, 0.3) is 0 Å². The zero-order valence-electron chi connectivity index (χ0n) is 20.0. The number of carbonyl (C=O) groups excluding carboxylic acids is 1. The van der Waals surface area contributed by atoms with Crippen LogP contribution in [0.5, 0.6) is 0 Å². The molecule has 184 valence electrons. The molecule has 3 aromatic rings. The molecule has 1 aliphatic rings. The maximum Gasteiger partial charge on any atom is 0.249 e. The van der Waals surface area contributed by atoms with E-state index in [1.807, 2.05) is 18.2 Å². The third-order valence-corrected chi connectivity index (χ3v) is 6.57. The Labute approximate surface area is 210 Å². The minimum absolute atomic E-state index is 0.289. The topological polar surface area (TPSA) is 114 Å². The van der Waals surface area contributed by atoms with Crippen LogP contribution in [-0.4, -0.2) is 36.1 Å². The Kier molecular flexibility index (Phi) is 8.17. The van der Waals surface area contributed by atoms with Crippen molar-refractivity contribution < 1.29 is 9.53 Å². The summed E-state index contributed by atoms with van der Waals surface area (Å²) in [6.07, 6.45) is 3.55. The van der Waals surface area contributed by atoms with Crippen molar-refractivity contribution in [3.8, 4) is 0 Å². The first kappa shape index (κ1) is 24.9.